The van der Waals surface area contributed by atoms with Crippen LogP contribution in [-0.4, -0.2) is 12.2 Å². The molecule has 0 bridgehead atoms. The molecular weight excluding hydrogens is 240 g/mol. The van der Waals surface area contributed by atoms with E-state index < -0.39 is 11.9 Å². The summed E-state index contributed by atoms with van der Waals surface area (Å²) < 4.78 is 11.5. The predicted molar refractivity (Wildman–Crippen MR) is 71.9 cm³/mol. The minimum atomic E-state index is -1.16. The number of ether oxygens (including phenoxy) is 2. The van der Waals surface area contributed by atoms with Gasteiger partial charge in [0, 0.05) is 18.2 Å². The van der Waals surface area contributed by atoms with E-state index in [1.165, 1.54) is 0 Å². The first-order valence-corrected chi connectivity index (χ1v) is 6.25. The number of methoxy groups -OCH3 is 1. The molecule has 19 heavy (non-hydrogen) atoms. The highest BCUT2D eigenvalue weighted by atomic mass is 16.7. The Hall–Kier alpha value is -1.84. The Morgan fingerprint density at radius 2 is 1.89 bits per heavy atom. The third-order valence-electron chi connectivity index (χ3n) is 3.56. The molecule has 1 aliphatic heterocycles. The quantitative estimate of drug-likeness (QED) is 0.898. The van der Waals surface area contributed by atoms with Crippen molar-refractivity contribution in [3.8, 4) is 5.75 Å². The molecule has 0 aliphatic carbocycles. The summed E-state index contributed by atoms with van der Waals surface area (Å²) in [5.74, 6) is -0.485. The van der Waals surface area contributed by atoms with Crippen LogP contribution in [-0.2, 0) is 10.5 Å². The zero-order valence-electron chi connectivity index (χ0n) is 11.0. The van der Waals surface area contributed by atoms with E-state index in [0.29, 0.717) is 5.75 Å². The lowest BCUT2D eigenvalue weighted by Gasteiger charge is -2.30. The predicted octanol–water partition coefficient (Wildman–Crippen LogP) is 2.92. The van der Waals surface area contributed by atoms with Crippen LogP contribution in [0.25, 0.3) is 0 Å². The van der Waals surface area contributed by atoms with Gasteiger partial charge in [0.25, 0.3) is 5.79 Å². The van der Waals surface area contributed by atoms with E-state index in [4.69, 9.17) is 9.47 Å². The van der Waals surface area contributed by atoms with E-state index in [2.05, 4.69) is 0 Å². The topological polar surface area (TPSA) is 38.7 Å². The third-order valence-corrected chi connectivity index (χ3v) is 3.56. The number of aliphatic hydroxyl groups excluding tert-OH is 1. The zero-order valence-corrected chi connectivity index (χ0v) is 11.0. The lowest BCUT2D eigenvalue weighted by molar-refractivity contribution is -0.219. The molecule has 2 aromatic rings. The molecule has 1 aliphatic rings. The molecule has 2 aromatic carbocycles. The van der Waals surface area contributed by atoms with E-state index in [1.807, 2.05) is 55.5 Å². The molecule has 3 heteroatoms. The lowest BCUT2D eigenvalue weighted by Crippen LogP contribution is -2.37. The van der Waals surface area contributed by atoms with Crippen LogP contribution in [0.15, 0.2) is 48.5 Å². The van der Waals surface area contributed by atoms with Crippen molar-refractivity contribution >= 4 is 0 Å². The number of hydrogen-bond donors (Lipinski definition) is 1. The Kier molecular flexibility index (Phi) is 2.81. The average Bonchev–Trinajstić information content (AvgIpc) is 2.74. The van der Waals surface area contributed by atoms with E-state index in [0.717, 1.165) is 16.7 Å². The van der Waals surface area contributed by atoms with E-state index >= 15 is 0 Å². The Morgan fingerprint density at radius 1 is 1.16 bits per heavy atom. The number of aryl methyl sites for hydroxylation is 1. The molecule has 0 saturated heterocycles. The summed E-state index contributed by atoms with van der Waals surface area (Å²) in [4.78, 5) is 0. The summed E-state index contributed by atoms with van der Waals surface area (Å²) in [6.07, 6.45) is -0.838. The largest absolute Gasteiger partial charge is 0.454 e. The second kappa shape index (κ2) is 4.37. The summed E-state index contributed by atoms with van der Waals surface area (Å²) in [6.45, 7) is 1.99. The van der Waals surface area contributed by atoms with Gasteiger partial charge in [-0.25, -0.2) is 0 Å². The van der Waals surface area contributed by atoms with Crippen molar-refractivity contribution in [2.75, 3.05) is 7.11 Å². The van der Waals surface area contributed by atoms with E-state index in [1.54, 1.807) is 7.11 Å². The van der Waals surface area contributed by atoms with Crippen molar-refractivity contribution in [3.63, 3.8) is 0 Å². The minimum Gasteiger partial charge on any atom is -0.454 e. The van der Waals surface area contributed by atoms with Crippen LogP contribution in [0.3, 0.4) is 0 Å². The number of rotatable bonds is 2. The Morgan fingerprint density at radius 3 is 2.58 bits per heavy atom. The molecule has 0 fully saturated rings. The fourth-order valence-corrected chi connectivity index (χ4v) is 2.56. The average molecular weight is 256 g/mol. The molecule has 2 atom stereocenters. The fraction of sp³-hybridized carbons (Fsp3) is 0.250. The maximum atomic E-state index is 10.6. The van der Waals surface area contributed by atoms with Gasteiger partial charge in [-0.15, -0.1) is 0 Å². The zero-order chi connectivity index (χ0) is 13.5. The van der Waals surface area contributed by atoms with Crippen molar-refractivity contribution < 1.29 is 14.6 Å². The first-order chi connectivity index (χ1) is 9.17. The standard InChI is InChI=1S/C16H16O3/c1-11-8-9-14-13(10-11)15(17)16(18-2,19-14)12-6-4-3-5-7-12/h3-10,15,17H,1-2H3. The van der Waals surface area contributed by atoms with Gasteiger partial charge in [-0.1, -0.05) is 42.0 Å². The molecule has 0 saturated carbocycles. The van der Waals surface area contributed by atoms with Crippen molar-refractivity contribution in [1.82, 2.24) is 0 Å². The van der Waals surface area contributed by atoms with Crippen LogP contribution >= 0.6 is 0 Å². The fourth-order valence-electron chi connectivity index (χ4n) is 2.56. The van der Waals surface area contributed by atoms with Crippen LogP contribution in [0.4, 0.5) is 0 Å². The monoisotopic (exact) mass is 256 g/mol. The minimum absolute atomic E-state index is 0.670. The lowest BCUT2D eigenvalue weighted by atomic mass is 9.96. The van der Waals surface area contributed by atoms with Crippen molar-refractivity contribution in [2.45, 2.75) is 18.8 Å². The van der Waals surface area contributed by atoms with E-state index in [9.17, 15) is 5.11 Å². The molecule has 1 N–H and O–H groups in total. The second-order valence-corrected chi connectivity index (χ2v) is 4.78. The van der Waals surface area contributed by atoms with Crippen LogP contribution in [0.5, 0.6) is 5.75 Å². The smallest absolute Gasteiger partial charge is 0.267 e. The molecule has 98 valence electrons. The van der Waals surface area contributed by atoms with Crippen molar-refractivity contribution in [3.05, 3.63) is 65.2 Å². The second-order valence-electron chi connectivity index (χ2n) is 4.78. The first kappa shape index (κ1) is 12.2. The summed E-state index contributed by atoms with van der Waals surface area (Å²) in [5, 5.41) is 10.6. The van der Waals surface area contributed by atoms with Gasteiger partial charge in [0.1, 0.15) is 5.75 Å². The normalized spacial score (nSPS) is 24.9. The summed E-state index contributed by atoms with van der Waals surface area (Å²) in [5.41, 5.74) is 2.66. The van der Waals surface area contributed by atoms with Gasteiger partial charge < -0.3 is 14.6 Å². The number of benzene rings is 2. The van der Waals surface area contributed by atoms with Crippen molar-refractivity contribution in [1.29, 1.82) is 0 Å². The highest BCUT2D eigenvalue weighted by molar-refractivity contribution is 5.45. The molecule has 0 amide bonds. The molecule has 0 aromatic heterocycles. The van der Waals surface area contributed by atoms with Gasteiger partial charge >= 0.3 is 0 Å². The maximum Gasteiger partial charge on any atom is 0.267 e. The van der Waals surface area contributed by atoms with Gasteiger partial charge in [-0.3, -0.25) is 0 Å². The third kappa shape index (κ3) is 1.74. The van der Waals surface area contributed by atoms with E-state index in [-0.39, 0.29) is 0 Å². The number of hydrogen-bond acceptors (Lipinski definition) is 3. The van der Waals surface area contributed by atoms with Gasteiger partial charge in [-0.05, 0) is 19.1 Å². The summed E-state index contributed by atoms with van der Waals surface area (Å²) in [6, 6.07) is 15.3. The molecule has 3 nitrogen and oxygen atoms in total. The van der Waals surface area contributed by atoms with Crippen LogP contribution in [0, 0.1) is 6.92 Å². The first-order valence-electron chi connectivity index (χ1n) is 6.25. The van der Waals surface area contributed by atoms with Crippen molar-refractivity contribution in [2.24, 2.45) is 0 Å². The van der Waals surface area contributed by atoms with Crippen LogP contribution in [0.1, 0.15) is 22.8 Å². The summed E-state index contributed by atoms with van der Waals surface area (Å²) in [7, 11) is 1.55. The summed E-state index contributed by atoms with van der Waals surface area (Å²) >= 11 is 0. The van der Waals surface area contributed by atoms with Gasteiger partial charge in [0.05, 0.1) is 0 Å². The van der Waals surface area contributed by atoms with Crippen LogP contribution in [0.2, 0.25) is 0 Å². The highest BCUT2D eigenvalue weighted by Gasteiger charge is 2.50. The molecule has 2 unspecified atom stereocenters. The number of aliphatic hydroxyl groups is 1. The SMILES string of the molecule is COC1(c2ccccc2)Oc2ccc(C)cc2C1O. The molecular formula is C16H16O3. The Labute approximate surface area is 112 Å². The molecule has 0 radical (unpaired) electrons. The van der Waals surface area contributed by atoms with Gasteiger partial charge in [0.15, 0.2) is 6.10 Å². The maximum absolute atomic E-state index is 10.6. The number of fused-ring (bicyclic) bond motifs is 1. The Bertz CT molecular complexity index is 594. The van der Waals surface area contributed by atoms with Gasteiger partial charge in [-0.2, -0.15) is 0 Å². The van der Waals surface area contributed by atoms with Gasteiger partial charge in [0.2, 0.25) is 0 Å². The Balaban J connectivity index is 2.12. The molecule has 3 rings (SSSR count). The molecule has 1 heterocycles. The van der Waals surface area contributed by atoms with Crippen LogP contribution < -0.4 is 4.74 Å². The molecule has 0 spiro atoms. The highest BCUT2D eigenvalue weighted by Crippen LogP contribution is 2.49.